The largest absolute Gasteiger partial charge is 0.506 e. The number of benzene rings is 3. The maximum Gasteiger partial charge on any atom is 0.248 e. The summed E-state index contributed by atoms with van der Waals surface area (Å²) in [5, 5.41) is 39.4. The van der Waals surface area contributed by atoms with Gasteiger partial charge in [0.05, 0.1) is 24.4 Å². The van der Waals surface area contributed by atoms with Gasteiger partial charge in [0.15, 0.2) is 5.60 Å². The van der Waals surface area contributed by atoms with Gasteiger partial charge in [-0.2, -0.15) is 0 Å². The van der Waals surface area contributed by atoms with Gasteiger partial charge in [0, 0.05) is 37.5 Å². The molecule has 0 aliphatic heterocycles. The highest BCUT2D eigenvalue weighted by Gasteiger charge is 2.38. The first-order chi connectivity index (χ1) is 23.3. The van der Waals surface area contributed by atoms with Gasteiger partial charge in [0.2, 0.25) is 17.4 Å². The molecule has 11 nitrogen and oxygen atoms in total. The number of hydrogen-bond acceptors (Lipinski definition) is 9. The summed E-state index contributed by atoms with van der Waals surface area (Å²) in [6.07, 6.45) is 3.81. The molecule has 11 heteroatoms. The molecule has 0 radical (unpaired) electrons. The first kappa shape index (κ1) is 34.5. The molecular weight excluding hydrogens is 610 g/mol. The number of aliphatic hydroxyl groups is 2. The van der Waals surface area contributed by atoms with Crippen LogP contribution in [0.15, 0.2) is 100 Å². The van der Waals surface area contributed by atoms with Gasteiger partial charge in [-0.25, -0.2) is 4.98 Å². The number of unbranched alkanes of at least 4 members (excludes halogenated alkanes) is 2. The summed E-state index contributed by atoms with van der Waals surface area (Å²) in [5.41, 5.74) is 0.400. The third kappa shape index (κ3) is 8.55. The van der Waals surface area contributed by atoms with Gasteiger partial charge in [-0.15, -0.1) is 0 Å². The number of nitrogens with zero attached hydrogens (tertiary/aromatic N) is 2. The number of aromatic amines is 1. The molecule has 1 atom stereocenters. The number of phenolic OH excluding ortho intramolecular Hbond substituents is 1. The third-order valence-electron chi connectivity index (χ3n) is 8.35. The van der Waals surface area contributed by atoms with Crippen LogP contribution in [0, 0.1) is 0 Å². The average molecular weight is 654 g/mol. The van der Waals surface area contributed by atoms with E-state index in [1.54, 1.807) is 18.3 Å². The van der Waals surface area contributed by atoms with E-state index < -0.39 is 11.7 Å². The maximum atomic E-state index is 12.4. The molecule has 0 aliphatic rings. The highest BCUT2D eigenvalue weighted by molar-refractivity contribution is 5.87. The van der Waals surface area contributed by atoms with E-state index in [4.69, 9.17) is 4.42 Å². The summed E-state index contributed by atoms with van der Waals surface area (Å²) >= 11 is 0. The highest BCUT2D eigenvalue weighted by Crippen LogP contribution is 2.36. The molecule has 0 aliphatic carbocycles. The van der Waals surface area contributed by atoms with E-state index in [1.165, 1.54) is 12.1 Å². The van der Waals surface area contributed by atoms with Crippen molar-refractivity contribution >= 4 is 16.8 Å². The zero-order valence-corrected chi connectivity index (χ0v) is 27.1. The number of phenols is 1. The lowest BCUT2D eigenvalue weighted by atomic mass is 9.86. The Labute approximate surface area is 279 Å². The molecule has 0 unspecified atom stereocenters. The zero-order chi connectivity index (χ0) is 33.9. The Balaban J connectivity index is 0.983. The number of aliphatic hydroxyl groups excluding tert-OH is 1. The quantitative estimate of drug-likeness (QED) is 0.0816. The van der Waals surface area contributed by atoms with E-state index in [-0.39, 0.29) is 23.1 Å². The Morgan fingerprint density at radius 2 is 1.65 bits per heavy atom. The standard InChI is InChI=1S/C37H43N5O6/c1-42(25-28-23-40-36(48-28)37(47,26-11-5-2-6-12-26)27-13-7-3-8-14-27)22-19-33(45)39-21-10-4-9-20-38-24-32(44)29-15-17-31(43)35-30(29)16-18-34(46)41-35/h2-3,5-8,11-18,23,32,38,43-44,47H,4,9-10,19-22,24-25H2,1H3,(H,39,45)(H,41,46)/t32-/m1/s1. The fourth-order valence-corrected chi connectivity index (χ4v) is 5.72. The number of rotatable bonds is 17. The number of aromatic hydroxyl groups is 1. The summed E-state index contributed by atoms with van der Waals surface area (Å²) in [5.74, 6) is 0.722. The molecule has 0 fully saturated rings. The van der Waals surface area contributed by atoms with E-state index in [2.05, 4.69) is 20.6 Å². The van der Waals surface area contributed by atoms with Gasteiger partial charge >= 0.3 is 0 Å². The van der Waals surface area contributed by atoms with Crippen molar-refractivity contribution in [3.05, 3.63) is 130 Å². The maximum absolute atomic E-state index is 12.4. The number of carbonyl (C=O) groups is 1. The van der Waals surface area contributed by atoms with Crippen LogP contribution >= 0.6 is 0 Å². The van der Waals surface area contributed by atoms with Crippen LogP contribution in [0.25, 0.3) is 10.9 Å². The molecule has 3 aromatic carbocycles. The van der Waals surface area contributed by atoms with Crippen LogP contribution in [0.3, 0.4) is 0 Å². The van der Waals surface area contributed by atoms with E-state index in [1.807, 2.05) is 72.6 Å². The molecule has 1 amide bonds. The monoisotopic (exact) mass is 653 g/mol. The normalized spacial score (nSPS) is 12.4. The first-order valence-electron chi connectivity index (χ1n) is 16.2. The number of oxazole rings is 1. The Bertz CT molecular complexity index is 1790. The molecule has 48 heavy (non-hydrogen) atoms. The lowest BCUT2D eigenvalue weighted by Gasteiger charge is -2.26. The summed E-state index contributed by atoms with van der Waals surface area (Å²) in [4.78, 5) is 33.1. The summed E-state index contributed by atoms with van der Waals surface area (Å²) in [6, 6.07) is 24.7. The Kier molecular flexibility index (Phi) is 11.8. The van der Waals surface area contributed by atoms with Crippen LogP contribution in [0.1, 0.15) is 60.1 Å². The van der Waals surface area contributed by atoms with Gasteiger partial charge in [0.1, 0.15) is 11.5 Å². The highest BCUT2D eigenvalue weighted by atomic mass is 16.4. The van der Waals surface area contributed by atoms with Crippen molar-refractivity contribution in [3.8, 4) is 5.75 Å². The number of hydrogen-bond donors (Lipinski definition) is 6. The summed E-state index contributed by atoms with van der Waals surface area (Å²) in [7, 11) is 1.91. The minimum absolute atomic E-state index is 0.0219. The fourth-order valence-electron chi connectivity index (χ4n) is 5.72. The molecule has 0 saturated heterocycles. The average Bonchev–Trinajstić information content (AvgIpc) is 3.58. The predicted molar refractivity (Wildman–Crippen MR) is 183 cm³/mol. The molecule has 0 saturated carbocycles. The van der Waals surface area contributed by atoms with Crippen molar-refractivity contribution in [2.45, 2.75) is 43.9 Å². The van der Waals surface area contributed by atoms with Crippen molar-refractivity contribution < 1.29 is 24.5 Å². The van der Waals surface area contributed by atoms with E-state index in [0.29, 0.717) is 72.5 Å². The summed E-state index contributed by atoms with van der Waals surface area (Å²) < 4.78 is 6.07. The lowest BCUT2D eigenvalue weighted by Crippen LogP contribution is -2.29. The minimum atomic E-state index is -1.54. The molecule has 6 N–H and O–H groups in total. The van der Waals surface area contributed by atoms with E-state index in [0.717, 1.165) is 19.3 Å². The Morgan fingerprint density at radius 3 is 2.35 bits per heavy atom. The Hall–Kier alpha value is -4.81. The van der Waals surface area contributed by atoms with Crippen LogP contribution in [0.5, 0.6) is 5.75 Å². The topological polar surface area (TPSA) is 164 Å². The van der Waals surface area contributed by atoms with Gasteiger partial charge < -0.3 is 35.4 Å². The number of aromatic nitrogens is 2. The van der Waals surface area contributed by atoms with Crippen LogP contribution < -0.4 is 16.2 Å². The molecule has 252 valence electrons. The number of nitrogens with one attached hydrogen (secondary N) is 3. The van der Waals surface area contributed by atoms with Crippen molar-refractivity contribution in [2.75, 3.05) is 33.2 Å². The van der Waals surface area contributed by atoms with Gasteiger partial charge in [0.25, 0.3) is 0 Å². The molecule has 0 spiro atoms. The number of fused-ring (bicyclic) bond motifs is 1. The molecular formula is C37H43N5O6. The lowest BCUT2D eigenvalue weighted by molar-refractivity contribution is -0.121. The molecule has 2 aromatic heterocycles. The fraction of sp³-hybridized carbons (Fsp3) is 0.324. The number of amides is 1. The van der Waals surface area contributed by atoms with E-state index in [9.17, 15) is 24.9 Å². The SMILES string of the molecule is CN(CCC(=O)NCCCCCNC[C@@H](O)c1ccc(O)c2[nH]c(=O)ccc12)Cc1cnc(C(O)(c2ccccc2)c2ccccc2)o1. The van der Waals surface area contributed by atoms with Crippen molar-refractivity contribution in [1.82, 2.24) is 25.5 Å². The minimum Gasteiger partial charge on any atom is -0.506 e. The molecule has 2 heterocycles. The second kappa shape index (κ2) is 16.3. The van der Waals surface area contributed by atoms with Crippen LogP contribution in [0.4, 0.5) is 0 Å². The van der Waals surface area contributed by atoms with Gasteiger partial charge in [-0.1, -0.05) is 73.2 Å². The van der Waals surface area contributed by atoms with Gasteiger partial charge in [-0.3, -0.25) is 14.5 Å². The number of pyridine rings is 1. The van der Waals surface area contributed by atoms with Crippen LogP contribution in [-0.2, 0) is 16.9 Å². The van der Waals surface area contributed by atoms with Crippen molar-refractivity contribution in [3.63, 3.8) is 0 Å². The Morgan fingerprint density at radius 1 is 0.958 bits per heavy atom. The second-order valence-corrected chi connectivity index (χ2v) is 12.0. The van der Waals surface area contributed by atoms with Crippen LogP contribution in [-0.4, -0.2) is 69.3 Å². The predicted octanol–water partition coefficient (Wildman–Crippen LogP) is 3.94. The molecule has 5 rings (SSSR count). The van der Waals surface area contributed by atoms with E-state index >= 15 is 0 Å². The van der Waals surface area contributed by atoms with Crippen molar-refractivity contribution in [2.24, 2.45) is 0 Å². The number of carbonyl (C=O) groups excluding carboxylic acids is 1. The smallest absolute Gasteiger partial charge is 0.248 e. The molecule has 5 aromatic rings. The third-order valence-corrected chi connectivity index (χ3v) is 8.35. The number of H-pyrrole nitrogens is 1. The zero-order valence-electron chi connectivity index (χ0n) is 27.1. The summed E-state index contributed by atoms with van der Waals surface area (Å²) in [6.45, 7) is 2.60. The second-order valence-electron chi connectivity index (χ2n) is 12.0. The van der Waals surface area contributed by atoms with Gasteiger partial charge in [-0.05, 0) is 55.3 Å². The van der Waals surface area contributed by atoms with Crippen molar-refractivity contribution in [1.29, 1.82) is 0 Å². The van der Waals surface area contributed by atoms with Crippen LogP contribution in [0.2, 0.25) is 0 Å². The molecule has 0 bridgehead atoms. The first-order valence-corrected chi connectivity index (χ1v) is 16.2.